The Morgan fingerprint density at radius 3 is 2.35 bits per heavy atom. The Kier molecular flexibility index (Phi) is 13.1. The number of aromatic nitrogens is 1. The van der Waals surface area contributed by atoms with Gasteiger partial charge in [-0.15, -0.1) is 0 Å². The number of carbonyl (C=O) groups is 3. The van der Waals surface area contributed by atoms with Crippen LogP contribution in [0.15, 0.2) is 73.1 Å². The first-order chi connectivity index (χ1) is 24.9. The lowest BCUT2D eigenvalue weighted by Crippen LogP contribution is -2.59. The Hall–Kier alpha value is -4.76. The lowest BCUT2D eigenvalue weighted by atomic mass is 9.86. The molecule has 14 heteroatoms. The van der Waals surface area contributed by atoms with Crippen molar-refractivity contribution in [2.24, 2.45) is 11.3 Å². The largest absolute Gasteiger partial charge is 0.497 e. The molecule has 280 valence electrons. The molecule has 1 aromatic heterocycles. The van der Waals surface area contributed by atoms with Gasteiger partial charge in [0.25, 0.3) is 5.91 Å². The highest BCUT2D eigenvalue weighted by atomic mass is 16.7. The summed E-state index contributed by atoms with van der Waals surface area (Å²) in [6, 6.07) is 17.1. The topological polar surface area (TPSA) is 170 Å². The maximum Gasteiger partial charge on any atom is 0.407 e. The van der Waals surface area contributed by atoms with Crippen LogP contribution in [0.4, 0.5) is 9.59 Å². The average molecular weight is 720 g/mol. The van der Waals surface area contributed by atoms with Gasteiger partial charge in [-0.1, -0.05) is 63.2 Å². The second-order valence-corrected chi connectivity index (χ2v) is 14.1. The molecule has 0 bridgehead atoms. The number of nitrogens with one attached hydrogen (secondary N) is 3. The van der Waals surface area contributed by atoms with E-state index in [0.29, 0.717) is 12.4 Å². The number of alkyl carbamates (subject to hydrolysis) is 2. The van der Waals surface area contributed by atoms with Gasteiger partial charge in [0.15, 0.2) is 6.29 Å². The molecule has 0 aliphatic carbocycles. The number of hydrazine groups is 1. The maximum atomic E-state index is 13.8. The van der Waals surface area contributed by atoms with Gasteiger partial charge in [0.1, 0.15) is 17.9 Å². The van der Waals surface area contributed by atoms with E-state index in [-0.39, 0.29) is 38.3 Å². The van der Waals surface area contributed by atoms with E-state index in [1.807, 2.05) is 69.3 Å². The Morgan fingerprint density at radius 2 is 1.69 bits per heavy atom. The van der Waals surface area contributed by atoms with Gasteiger partial charge in [-0.05, 0) is 58.7 Å². The molecule has 2 fully saturated rings. The third-order valence-electron chi connectivity index (χ3n) is 9.20. The van der Waals surface area contributed by atoms with E-state index in [9.17, 15) is 19.5 Å². The minimum Gasteiger partial charge on any atom is -0.497 e. The number of nitrogens with zero attached hydrogens (tertiary/aromatic N) is 2. The number of pyridine rings is 1. The Bertz CT molecular complexity index is 1620. The van der Waals surface area contributed by atoms with Gasteiger partial charge >= 0.3 is 12.2 Å². The van der Waals surface area contributed by atoms with E-state index in [0.717, 1.165) is 28.7 Å². The molecule has 6 unspecified atom stereocenters. The summed E-state index contributed by atoms with van der Waals surface area (Å²) < 4.78 is 27.1. The van der Waals surface area contributed by atoms with Crippen LogP contribution in [0.5, 0.6) is 5.75 Å². The van der Waals surface area contributed by atoms with E-state index < -0.39 is 47.8 Å². The van der Waals surface area contributed by atoms with Gasteiger partial charge in [0.05, 0.1) is 45.5 Å². The molecular weight excluding hydrogens is 670 g/mol. The fourth-order valence-corrected chi connectivity index (χ4v) is 6.30. The van der Waals surface area contributed by atoms with Crippen LogP contribution in [0.3, 0.4) is 0 Å². The van der Waals surface area contributed by atoms with Crippen molar-refractivity contribution in [3.05, 3.63) is 84.2 Å². The summed E-state index contributed by atoms with van der Waals surface area (Å²) in [5, 5.41) is 18.9. The van der Waals surface area contributed by atoms with Gasteiger partial charge in [-0.25, -0.2) is 14.6 Å². The Balaban J connectivity index is 1.37. The molecule has 14 nitrogen and oxygen atoms in total. The summed E-state index contributed by atoms with van der Waals surface area (Å²) >= 11 is 0. The second-order valence-electron chi connectivity index (χ2n) is 14.1. The quantitative estimate of drug-likeness (QED) is 0.179. The van der Waals surface area contributed by atoms with Crippen LogP contribution in [-0.4, -0.2) is 97.8 Å². The minimum absolute atomic E-state index is 0.0553. The summed E-state index contributed by atoms with van der Waals surface area (Å²) in [6.07, 6.45) is 0.934. The van der Waals surface area contributed by atoms with Crippen LogP contribution in [0, 0.1) is 11.3 Å². The van der Waals surface area contributed by atoms with E-state index in [2.05, 4.69) is 21.0 Å². The molecule has 0 saturated carbocycles. The Morgan fingerprint density at radius 1 is 0.962 bits per heavy atom. The van der Waals surface area contributed by atoms with Crippen molar-refractivity contribution in [1.82, 2.24) is 26.1 Å². The molecule has 2 saturated heterocycles. The number of aliphatic hydroxyl groups is 1. The van der Waals surface area contributed by atoms with Crippen LogP contribution >= 0.6 is 0 Å². The fourth-order valence-electron chi connectivity index (χ4n) is 6.30. The molecule has 2 aromatic carbocycles. The Labute approximate surface area is 304 Å². The fraction of sp³-hybridized carbons (Fsp3) is 0.474. The first-order valence-electron chi connectivity index (χ1n) is 17.3. The summed E-state index contributed by atoms with van der Waals surface area (Å²) in [5.41, 5.74) is 5.81. The normalized spacial score (nSPS) is 19.9. The maximum absolute atomic E-state index is 13.8. The number of carbonyl (C=O) groups excluding carboxylic acids is 3. The van der Waals surface area contributed by atoms with Crippen LogP contribution in [0.25, 0.3) is 11.1 Å². The molecule has 6 atom stereocenters. The van der Waals surface area contributed by atoms with Crippen molar-refractivity contribution >= 4 is 18.1 Å². The number of ether oxygens (including phenoxy) is 5. The average Bonchev–Trinajstić information content (AvgIpc) is 3.76. The zero-order valence-corrected chi connectivity index (χ0v) is 30.2. The number of hydrogen-bond acceptors (Lipinski definition) is 11. The third kappa shape index (κ3) is 10.4. The first kappa shape index (κ1) is 38.5. The monoisotopic (exact) mass is 719 g/mol. The highest BCUT2D eigenvalue weighted by Gasteiger charge is 2.44. The predicted molar refractivity (Wildman–Crippen MR) is 191 cm³/mol. The van der Waals surface area contributed by atoms with Crippen molar-refractivity contribution in [3.8, 4) is 16.9 Å². The van der Waals surface area contributed by atoms with E-state index in [1.165, 1.54) is 7.11 Å². The number of rotatable bonds is 14. The highest BCUT2D eigenvalue weighted by Crippen LogP contribution is 2.33. The van der Waals surface area contributed by atoms with Gasteiger partial charge in [-0.2, -0.15) is 0 Å². The van der Waals surface area contributed by atoms with Crippen molar-refractivity contribution in [2.75, 3.05) is 34.0 Å². The zero-order chi connectivity index (χ0) is 37.3. The molecule has 2 aliphatic rings. The van der Waals surface area contributed by atoms with Gasteiger partial charge in [-0.3, -0.25) is 15.2 Å². The van der Waals surface area contributed by atoms with Crippen molar-refractivity contribution in [1.29, 1.82) is 0 Å². The number of methoxy groups -OCH3 is 2. The van der Waals surface area contributed by atoms with Gasteiger partial charge < -0.3 is 39.4 Å². The first-order valence-corrected chi connectivity index (χ1v) is 17.3. The SMILES string of the molecule is COC(=O)NC(C(=O)NN(Cc1ccc(-c2cccnc2)cc1)CC(O)C(Cc1ccc(OC)cc1)NC(=O)OC1COC2OCCC12)C(C)(C)C. The highest BCUT2D eigenvalue weighted by molar-refractivity contribution is 5.86. The predicted octanol–water partition coefficient (Wildman–Crippen LogP) is 3.82. The molecule has 0 radical (unpaired) electrons. The lowest BCUT2D eigenvalue weighted by Gasteiger charge is -2.34. The van der Waals surface area contributed by atoms with Crippen molar-refractivity contribution in [3.63, 3.8) is 0 Å². The standard InChI is InChI=1S/C38H49N5O9/c1-38(2,3)33(41-36(46)49-5)34(45)42-43(21-25-8-12-26(13-9-25)27-7-6-17-39-20-27)22-31(44)30(19-24-10-14-28(48-4)15-11-24)40-37(47)52-32-23-51-35-29(32)16-18-50-35/h6-15,17,20,29-33,35,44H,16,18-19,21-23H2,1-5H3,(H,40,47)(H,41,46)(H,42,45). The van der Waals surface area contributed by atoms with Crippen LogP contribution in [0.1, 0.15) is 38.3 Å². The molecule has 52 heavy (non-hydrogen) atoms. The molecule has 2 aliphatic heterocycles. The van der Waals surface area contributed by atoms with Crippen LogP contribution in [0.2, 0.25) is 0 Å². The number of hydrogen-bond donors (Lipinski definition) is 4. The minimum atomic E-state index is -1.20. The third-order valence-corrected chi connectivity index (χ3v) is 9.20. The molecule has 3 aromatic rings. The molecule has 3 amide bonds. The molecule has 5 rings (SSSR count). The number of aliphatic hydroxyl groups excluding tert-OH is 1. The molecule has 0 spiro atoms. The number of benzene rings is 2. The molecule has 4 N–H and O–H groups in total. The van der Waals surface area contributed by atoms with Crippen molar-refractivity contribution < 1.29 is 43.2 Å². The van der Waals surface area contributed by atoms with E-state index in [4.69, 9.17) is 23.7 Å². The van der Waals surface area contributed by atoms with Gasteiger partial charge in [0.2, 0.25) is 0 Å². The molecular formula is C38H49N5O9. The lowest BCUT2D eigenvalue weighted by molar-refractivity contribution is -0.131. The van der Waals surface area contributed by atoms with Crippen molar-refractivity contribution in [2.45, 2.75) is 70.7 Å². The second kappa shape index (κ2) is 17.6. The summed E-state index contributed by atoms with van der Waals surface area (Å²) in [5.74, 6) is 0.103. The zero-order valence-electron chi connectivity index (χ0n) is 30.2. The summed E-state index contributed by atoms with van der Waals surface area (Å²) in [7, 11) is 2.80. The van der Waals surface area contributed by atoms with Crippen LogP contribution in [-0.2, 0) is 36.7 Å². The van der Waals surface area contributed by atoms with E-state index >= 15 is 0 Å². The summed E-state index contributed by atoms with van der Waals surface area (Å²) in [4.78, 5) is 43.6. The number of fused-ring (bicyclic) bond motifs is 1. The molecule has 3 heterocycles. The van der Waals surface area contributed by atoms with Crippen LogP contribution < -0.4 is 20.8 Å². The van der Waals surface area contributed by atoms with E-state index in [1.54, 1.807) is 36.6 Å². The number of amides is 3. The smallest absolute Gasteiger partial charge is 0.407 e. The van der Waals surface area contributed by atoms with Gasteiger partial charge in [0, 0.05) is 25.5 Å². The summed E-state index contributed by atoms with van der Waals surface area (Å²) in [6.45, 7) is 6.31.